The first kappa shape index (κ1) is 48.1. The Labute approximate surface area is 397 Å². The molecule has 2 heterocycles. The van der Waals surface area contributed by atoms with Crippen molar-refractivity contribution in [2.24, 2.45) is 0 Å². The number of hydrogen-bond acceptors (Lipinski definition) is 11. The van der Waals surface area contributed by atoms with E-state index in [-0.39, 0.29) is 13.2 Å². The van der Waals surface area contributed by atoms with Crippen molar-refractivity contribution in [3.8, 4) is 40.2 Å². The number of benzene rings is 5. The van der Waals surface area contributed by atoms with Crippen LogP contribution in [0.5, 0.6) is 23.0 Å². The lowest BCUT2D eigenvalue weighted by molar-refractivity contribution is -0.135. The highest BCUT2D eigenvalue weighted by Gasteiger charge is 2.54. The van der Waals surface area contributed by atoms with Crippen LogP contribution in [0.2, 0.25) is 0 Å². The van der Waals surface area contributed by atoms with E-state index in [4.69, 9.17) is 41.4 Å². The van der Waals surface area contributed by atoms with Gasteiger partial charge in [0.15, 0.2) is 5.60 Å². The van der Waals surface area contributed by atoms with Crippen LogP contribution in [0.15, 0.2) is 84.9 Å². The van der Waals surface area contributed by atoms with Gasteiger partial charge in [-0.25, -0.2) is 0 Å². The van der Waals surface area contributed by atoms with Crippen molar-refractivity contribution in [1.29, 1.82) is 5.26 Å². The third-order valence-corrected chi connectivity index (χ3v) is 15.3. The Morgan fingerprint density at radius 3 is 1.87 bits per heavy atom. The highest BCUT2D eigenvalue weighted by atomic mass is 28.4. The Balaban J connectivity index is 1.20. The molecule has 1 saturated heterocycles. The van der Waals surface area contributed by atoms with E-state index in [1.165, 1.54) is 0 Å². The Hall–Kier alpha value is -5.39. The van der Waals surface area contributed by atoms with Gasteiger partial charge in [0.05, 0.1) is 68.2 Å². The van der Waals surface area contributed by atoms with Crippen LogP contribution in [0.3, 0.4) is 0 Å². The van der Waals surface area contributed by atoms with E-state index in [2.05, 4.69) is 79.4 Å². The van der Waals surface area contributed by atoms with E-state index in [0.29, 0.717) is 24.5 Å². The van der Waals surface area contributed by atoms with Crippen LogP contribution in [0.1, 0.15) is 110 Å². The van der Waals surface area contributed by atoms with Crippen LogP contribution in [0.4, 0.5) is 5.69 Å². The summed E-state index contributed by atoms with van der Waals surface area (Å²) in [5, 5.41) is 12.0. The van der Waals surface area contributed by atoms with Gasteiger partial charge in [0.2, 0.25) is 0 Å². The minimum Gasteiger partial charge on any atom is -0.497 e. The topological polar surface area (TPSA) is 110 Å². The molecule has 67 heavy (non-hydrogen) atoms. The zero-order chi connectivity index (χ0) is 48.2. The number of nitriles is 1. The number of rotatable bonds is 13. The number of ether oxygens (including phenoxy) is 5. The molecule has 0 spiro atoms. The molecule has 354 valence electrons. The largest absolute Gasteiger partial charge is 0.681 e. The summed E-state index contributed by atoms with van der Waals surface area (Å²) in [6, 6.07) is 28.9. The van der Waals surface area contributed by atoms with Crippen molar-refractivity contribution >= 4 is 31.6 Å². The number of methoxy groups -OCH3 is 2. The van der Waals surface area contributed by atoms with Crippen molar-refractivity contribution in [3.63, 3.8) is 0 Å². The molecule has 0 aromatic heterocycles. The monoisotopic (exact) mass is 926 g/mol. The predicted octanol–water partition coefficient (Wildman–Crippen LogP) is 11.5. The zero-order valence-corrected chi connectivity index (χ0v) is 42.5. The van der Waals surface area contributed by atoms with Crippen LogP contribution in [0, 0.1) is 11.3 Å². The molecule has 0 bridgehead atoms. The van der Waals surface area contributed by atoms with Crippen LogP contribution < -0.4 is 23.8 Å². The first-order chi connectivity index (χ1) is 31.6. The fourth-order valence-corrected chi connectivity index (χ4v) is 12.4. The van der Waals surface area contributed by atoms with Gasteiger partial charge in [-0.15, -0.1) is 0 Å². The average molecular weight is 927 g/mol. The summed E-state index contributed by atoms with van der Waals surface area (Å²) >= 11 is 0. The normalized spacial score (nSPS) is 17.9. The zero-order valence-electron chi connectivity index (χ0n) is 41.5. The lowest BCUT2D eigenvalue weighted by Gasteiger charge is -2.41. The summed E-state index contributed by atoms with van der Waals surface area (Å²) < 4.78 is 57.5. The van der Waals surface area contributed by atoms with Crippen LogP contribution >= 0.6 is 0 Å². The van der Waals surface area contributed by atoms with Crippen molar-refractivity contribution in [2.75, 3.05) is 58.6 Å². The number of nitrogens with zero attached hydrogens (tertiary/aromatic N) is 2. The molecule has 5 aromatic rings. The van der Waals surface area contributed by atoms with E-state index in [9.17, 15) is 5.26 Å². The van der Waals surface area contributed by atoms with E-state index in [1.807, 2.05) is 98.7 Å². The van der Waals surface area contributed by atoms with Gasteiger partial charge in [-0.3, -0.25) is 0 Å². The summed E-state index contributed by atoms with van der Waals surface area (Å²) in [6.45, 7) is 25.4. The number of morpholine rings is 1. The second kappa shape index (κ2) is 17.9. The van der Waals surface area contributed by atoms with Crippen LogP contribution in [0.25, 0.3) is 28.0 Å². The Morgan fingerprint density at radius 2 is 1.31 bits per heavy atom. The van der Waals surface area contributed by atoms with Gasteiger partial charge in [0.25, 0.3) is 0 Å². The number of anilines is 1. The van der Waals surface area contributed by atoms with Crippen molar-refractivity contribution < 1.29 is 41.4 Å². The number of hydrogen-bond donors (Lipinski definition) is 0. The third-order valence-electron chi connectivity index (χ3n) is 12.1. The first-order valence-corrected chi connectivity index (χ1v) is 24.8. The maximum atomic E-state index is 10.0. The lowest BCUT2D eigenvalue weighted by Crippen LogP contribution is -2.59. The molecule has 0 N–H and O–H groups in total. The second-order valence-corrected chi connectivity index (χ2v) is 22.8. The summed E-state index contributed by atoms with van der Waals surface area (Å²) in [7, 11) is -0.280. The Morgan fingerprint density at radius 1 is 0.716 bits per heavy atom. The summed E-state index contributed by atoms with van der Waals surface area (Å²) in [5.41, 5.74) is 5.72. The fourth-order valence-electron chi connectivity index (χ4n) is 9.50. The molecule has 1 unspecified atom stereocenters. The van der Waals surface area contributed by atoms with E-state index in [1.54, 1.807) is 14.2 Å². The van der Waals surface area contributed by atoms with Crippen molar-refractivity contribution in [1.82, 2.24) is 0 Å². The molecule has 0 amide bonds. The van der Waals surface area contributed by atoms with Crippen molar-refractivity contribution in [2.45, 2.75) is 104 Å². The lowest BCUT2D eigenvalue weighted by atomic mass is 9.76. The van der Waals surface area contributed by atoms with Gasteiger partial charge >= 0.3 is 9.05 Å². The maximum absolute atomic E-state index is 10.0. The van der Waals surface area contributed by atoms with E-state index < -0.39 is 36.9 Å². The molecule has 1 aliphatic carbocycles. The summed E-state index contributed by atoms with van der Waals surface area (Å²) in [6.07, 6.45) is 4.38. The molecular formula is C55H66N2O9Si. The maximum Gasteiger partial charge on any atom is 0.681 e. The Bertz CT molecular complexity index is 2660. The molecule has 1 atom stereocenters. The second-order valence-electron chi connectivity index (χ2n) is 20.9. The highest BCUT2D eigenvalue weighted by molar-refractivity contribution is 6.54. The molecular weight excluding hydrogens is 861 g/mol. The quantitative estimate of drug-likeness (QED) is 0.0831. The van der Waals surface area contributed by atoms with Crippen molar-refractivity contribution in [3.05, 3.63) is 118 Å². The summed E-state index contributed by atoms with van der Waals surface area (Å²) in [5.74, 6) is 2.91. The number of fused-ring (bicyclic) bond motifs is 8. The van der Waals surface area contributed by atoms with E-state index in [0.717, 1.165) is 85.7 Å². The average Bonchev–Trinajstić information content (AvgIpc) is 3.51. The molecule has 0 radical (unpaired) electrons. The molecule has 11 nitrogen and oxygen atoms in total. The summed E-state index contributed by atoms with van der Waals surface area (Å²) in [4.78, 5) is 2.34. The molecule has 2 aliphatic heterocycles. The van der Waals surface area contributed by atoms with Gasteiger partial charge < -0.3 is 46.3 Å². The minimum absolute atomic E-state index is 0.181. The van der Waals surface area contributed by atoms with Gasteiger partial charge in [0, 0.05) is 40.6 Å². The molecule has 0 saturated carbocycles. The van der Waals surface area contributed by atoms with Gasteiger partial charge in [-0.1, -0.05) is 50.3 Å². The van der Waals surface area contributed by atoms with Crippen LogP contribution in [-0.2, 0) is 33.5 Å². The molecule has 1 fully saturated rings. The highest BCUT2D eigenvalue weighted by Crippen LogP contribution is 2.59. The molecule has 12 heteroatoms. The smallest absolute Gasteiger partial charge is 0.497 e. The van der Waals surface area contributed by atoms with Gasteiger partial charge in [-0.05, 0) is 145 Å². The van der Waals surface area contributed by atoms with Crippen LogP contribution in [-0.4, -0.2) is 79.6 Å². The fraction of sp³-hybridized carbons (Fsp3) is 0.436. The van der Waals surface area contributed by atoms with Gasteiger partial charge in [-0.2, -0.15) is 5.26 Å². The molecule has 8 rings (SSSR count). The minimum atomic E-state index is -3.67. The first-order valence-electron chi connectivity index (χ1n) is 23.2. The Kier molecular flexibility index (Phi) is 12.9. The van der Waals surface area contributed by atoms with E-state index >= 15 is 0 Å². The molecule has 5 aromatic carbocycles. The predicted molar refractivity (Wildman–Crippen MR) is 265 cm³/mol. The third kappa shape index (κ3) is 9.69. The standard InChI is InChI=1S/C55H66N2O9Si/c1-51(2,3)64-67(65-52(4,5)6,66-53(7,8)9)62-31-30-61-40-21-17-38(18-22-40)55(37-15-19-39(58-12)20-16-37)25-24-42-49-48(41-23-14-36(35-56)32-45(41)54(49,10)11)43-33-46(57-26-28-60-29-27-57)47(59-13)34-44(43)50(42)63-55/h14-25,32-34H,26-31H2,1-13H3. The SMILES string of the molecule is COc1ccc(C2(c3ccc(OCCO[Si](OC(C)(C)C)(OC(C)(C)C)OC(C)(C)C)cc3)C=Cc3c4c(c5cc(N6CCOCC6)c(OC)cc5c3O2)-c2ccc(C#N)cc2C4(C)C)cc1. The van der Waals surface area contributed by atoms with Gasteiger partial charge in [0.1, 0.15) is 29.6 Å². The molecule has 3 aliphatic rings.